The smallest absolute Gasteiger partial charge is 0.0984 e. The van der Waals surface area contributed by atoms with Crippen LogP contribution in [-0.2, 0) is 92.3 Å². The molecule has 10 heterocycles. The minimum Gasteiger partial charge on any atom is -0.398 e. The van der Waals surface area contributed by atoms with Crippen LogP contribution in [0.3, 0.4) is 0 Å². The van der Waals surface area contributed by atoms with Gasteiger partial charge in [0.05, 0.1) is 127 Å². The highest BCUT2D eigenvalue weighted by Gasteiger charge is 2.35. The van der Waals surface area contributed by atoms with Gasteiger partial charge in [-0.2, -0.15) is 0 Å². The Bertz CT molecular complexity index is 2280. The second-order valence-corrected chi connectivity index (χ2v) is 20.8. The van der Waals surface area contributed by atoms with E-state index in [4.69, 9.17) is 64.6 Å². The highest BCUT2D eigenvalue weighted by Crippen LogP contribution is 2.36. The van der Waals surface area contributed by atoms with Crippen molar-refractivity contribution in [1.29, 1.82) is 0 Å². The molecule has 70 heavy (non-hydrogen) atoms. The Morgan fingerprint density at radius 2 is 0.614 bits per heavy atom. The number of anilines is 5. The van der Waals surface area contributed by atoms with Crippen LogP contribution < -0.4 is 27.0 Å². The first-order chi connectivity index (χ1) is 34.3. The average Bonchev–Trinajstić information content (AvgIpc) is 4.17. The predicted molar refractivity (Wildman–Crippen MR) is 266 cm³/mol. The van der Waals surface area contributed by atoms with E-state index in [2.05, 4.69) is 64.4 Å². The van der Waals surface area contributed by atoms with Crippen LogP contribution in [0.15, 0.2) is 66.7 Å². The summed E-state index contributed by atoms with van der Waals surface area (Å²) in [4.78, 5) is 4.77. The first-order valence-corrected chi connectivity index (χ1v) is 25.7. The molecule has 0 amide bonds. The molecule has 0 spiro atoms. The monoisotopic (exact) mass is 960 g/mol. The zero-order chi connectivity index (χ0) is 47.1. The van der Waals surface area contributed by atoms with E-state index in [1.165, 1.54) is 55.9 Å². The van der Waals surface area contributed by atoms with E-state index in [-0.39, 0.29) is 0 Å². The molecule has 6 N–H and O–H groups in total. The van der Waals surface area contributed by atoms with Gasteiger partial charge in [0, 0.05) is 93.1 Å². The fourth-order valence-electron chi connectivity index (χ4n) is 9.76. The molecular formula is C55H69N5O10. The van der Waals surface area contributed by atoms with Crippen LogP contribution in [0.4, 0.5) is 28.4 Å². The quantitative estimate of drug-likeness (QED) is 0.0663. The summed E-state index contributed by atoms with van der Waals surface area (Å²) in [6, 6.07) is 23.5. The number of nitrogens with two attached hydrogens (primary N) is 3. The molecule has 10 unspecified atom stereocenters. The van der Waals surface area contributed by atoms with Gasteiger partial charge < -0.3 is 74.4 Å². The second kappa shape index (κ2) is 20.5. The van der Waals surface area contributed by atoms with Crippen LogP contribution in [0, 0.1) is 0 Å². The molecule has 0 saturated carbocycles. The molecule has 10 aliphatic heterocycles. The zero-order valence-electron chi connectivity index (χ0n) is 40.2. The van der Waals surface area contributed by atoms with E-state index in [1.54, 1.807) is 0 Å². The van der Waals surface area contributed by atoms with Gasteiger partial charge in [-0.15, -0.1) is 0 Å². The molecular weight excluding hydrogens is 891 g/mol. The van der Waals surface area contributed by atoms with Gasteiger partial charge in [0.1, 0.15) is 0 Å². The Morgan fingerprint density at radius 3 is 0.957 bits per heavy atom. The molecule has 10 saturated heterocycles. The maximum absolute atomic E-state index is 6.42. The van der Waals surface area contributed by atoms with Gasteiger partial charge in [-0.25, -0.2) is 0 Å². The molecule has 0 aliphatic carbocycles. The van der Waals surface area contributed by atoms with Crippen molar-refractivity contribution in [2.45, 2.75) is 106 Å². The summed E-state index contributed by atoms with van der Waals surface area (Å²) >= 11 is 0. The van der Waals surface area contributed by atoms with Gasteiger partial charge in [0.25, 0.3) is 0 Å². The predicted octanol–water partition coefficient (Wildman–Crippen LogP) is 4.25. The standard InChI is InChI=1S/C25H30N2O4.C18H24N2O4.C12H15NO2/c26-24-3-1-14(20(6-16-10-28-16)22(24)8-18-12-30-18)5-15-2-4-25(27)23(9-19-13-31-19)21(15)7-17-11-29-17;1-2-14(20(7-17-11-23-17)8-18-12-24-18)4-3-13(1)19(5-15-9-21-15)6-16-10-22-16;13-12-3-1-2-8(4-9-6-14-9)11(12)5-10-7-15-10/h1-4,16-19H,5-13,26-27H2;1-4,15-18H,5-12H2;1-3,9-10H,4-7,13H2. The lowest BCUT2D eigenvalue weighted by atomic mass is 9.86. The molecule has 15 heteroatoms. The Morgan fingerprint density at radius 1 is 0.314 bits per heavy atom. The van der Waals surface area contributed by atoms with Crippen molar-refractivity contribution < 1.29 is 47.4 Å². The Hall–Kier alpha value is -4.52. The van der Waals surface area contributed by atoms with Crippen molar-refractivity contribution in [1.82, 2.24) is 0 Å². The molecule has 0 bridgehead atoms. The minimum atomic E-state index is 0.306. The molecule has 15 nitrogen and oxygen atoms in total. The lowest BCUT2D eigenvalue weighted by Gasteiger charge is -2.26. The van der Waals surface area contributed by atoms with Crippen molar-refractivity contribution in [3.05, 3.63) is 111 Å². The van der Waals surface area contributed by atoms with Gasteiger partial charge >= 0.3 is 0 Å². The molecule has 0 aromatic heterocycles. The molecule has 4 aromatic carbocycles. The maximum Gasteiger partial charge on any atom is 0.0984 e. The van der Waals surface area contributed by atoms with Crippen molar-refractivity contribution >= 4 is 28.4 Å². The average molecular weight is 960 g/mol. The van der Waals surface area contributed by atoms with Gasteiger partial charge in [-0.3, -0.25) is 0 Å². The summed E-state index contributed by atoms with van der Waals surface area (Å²) in [5.74, 6) is 0. The van der Waals surface area contributed by atoms with Gasteiger partial charge in [-0.1, -0.05) is 24.3 Å². The summed E-state index contributed by atoms with van der Waals surface area (Å²) in [7, 11) is 0. The van der Waals surface area contributed by atoms with Crippen molar-refractivity contribution in [2.75, 3.05) is 119 Å². The Labute approximate surface area is 411 Å². The maximum atomic E-state index is 6.42. The van der Waals surface area contributed by atoms with Crippen LogP contribution in [0.2, 0.25) is 0 Å². The van der Waals surface area contributed by atoms with Crippen LogP contribution >= 0.6 is 0 Å². The lowest BCUT2D eigenvalue weighted by Crippen LogP contribution is -2.32. The summed E-state index contributed by atoms with van der Waals surface area (Å²) in [5, 5.41) is 0. The van der Waals surface area contributed by atoms with Crippen molar-refractivity contribution in [2.24, 2.45) is 0 Å². The van der Waals surface area contributed by atoms with Gasteiger partial charge in [-0.05, 0) is 93.4 Å². The number of benzene rings is 4. The van der Waals surface area contributed by atoms with E-state index < -0.39 is 0 Å². The van der Waals surface area contributed by atoms with E-state index in [0.29, 0.717) is 61.0 Å². The van der Waals surface area contributed by atoms with Crippen molar-refractivity contribution in [3.63, 3.8) is 0 Å². The zero-order valence-corrected chi connectivity index (χ0v) is 40.2. The molecule has 10 aliphatic rings. The summed E-state index contributed by atoms with van der Waals surface area (Å²) in [6.07, 6.45) is 10.0. The summed E-state index contributed by atoms with van der Waals surface area (Å²) in [5.41, 5.74) is 34.4. The van der Waals surface area contributed by atoms with E-state index in [9.17, 15) is 0 Å². The topological polar surface area (TPSA) is 210 Å². The van der Waals surface area contributed by atoms with Gasteiger partial charge in [0.15, 0.2) is 0 Å². The highest BCUT2D eigenvalue weighted by atomic mass is 16.6. The third-order valence-corrected chi connectivity index (χ3v) is 14.7. The van der Waals surface area contributed by atoms with E-state index in [1.807, 2.05) is 12.1 Å². The fourth-order valence-corrected chi connectivity index (χ4v) is 9.76. The van der Waals surface area contributed by atoms with E-state index >= 15 is 0 Å². The molecule has 10 fully saturated rings. The summed E-state index contributed by atoms with van der Waals surface area (Å²) < 4.78 is 54.3. The molecule has 14 rings (SSSR count). The minimum absolute atomic E-state index is 0.306. The second-order valence-electron chi connectivity index (χ2n) is 20.8. The molecule has 10 atom stereocenters. The number of nitrogens with zero attached hydrogens (tertiary/aromatic N) is 2. The van der Waals surface area contributed by atoms with Crippen LogP contribution in [-0.4, -0.2) is 153 Å². The Balaban J connectivity index is 0.000000115. The van der Waals surface area contributed by atoms with E-state index in [0.717, 1.165) is 154 Å². The van der Waals surface area contributed by atoms with Crippen LogP contribution in [0.5, 0.6) is 0 Å². The first-order valence-electron chi connectivity index (χ1n) is 25.7. The molecule has 374 valence electrons. The highest BCUT2D eigenvalue weighted by molar-refractivity contribution is 5.60. The largest absolute Gasteiger partial charge is 0.398 e. The molecule has 4 aromatic rings. The third kappa shape index (κ3) is 13.5. The number of hydrogen-bond acceptors (Lipinski definition) is 15. The van der Waals surface area contributed by atoms with Crippen LogP contribution in [0.1, 0.15) is 44.5 Å². The third-order valence-electron chi connectivity index (χ3n) is 14.7. The first kappa shape index (κ1) is 46.5. The van der Waals surface area contributed by atoms with Crippen LogP contribution in [0.25, 0.3) is 0 Å². The molecule has 0 radical (unpaired) electrons. The number of ether oxygens (including phenoxy) is 10. The SMILES string of the molecule is Nc1ccc(Cc2ccc(N)c(CC3CO3)c2CC2CO2)c(CC2CO2)c1CC1CO1.Nc1cccc(CC2CO2)c1CC1CO1.c1cc(N(CC2CO2)CC2CO2)ccc1N(CC1CO1)CC1CO1. The normalized spacial score (nSPS) is 29.4. The number of nitrogen functional groups attached to an aromatic ring is 3. The van der Waals surface area contributed by atoms with Crippen molar-refractivity contribution in [3.8, 4) is 0 Å². The summed E-state index contributed by atoms with van der Waals surface area (Å²) in [6.45, 7) is 12.5. The lowest BCUT2D eigenvalue weighted by molar-refractivity contribution is 0.388. The van der Waals surface area contributed by atoms with Gasteiger partial charge in [0.2, 0.25) is 0 Å². The Kier molecular flexibility index (Phi) is 13.7. The number of epoxide rings is 10. The number of rotatable bonds is 24. The fraction of sp³-hybridized carbons (Fsp3) is 0.564. The number of hydrogen-bond donors (Lipinski definition) is 3.